The van der Waals surface area contributed by atoms with Crippen molar-refractivity contribution in [2.45, 2.75) is 13.0 Å². The first-order valence-corrected chi connectivity index (χ1v) is 7.23. The SMILES string of the molecule is NC(=O)CC1=CCOc2cc(OCc3cccc(F)c3)ccc21. The lowest BCUT2D eigenvalue weighted by Gasteiger charge is -2.19. The molecule has 0 saturated carbocycles. The number of rotatable bonds is 5. The van der Waals surface area contributed by atoms with Gasteiger partial charge in [0.25, 0.3) is 0 Å². The predicted octanol–water partition coefficient (Wildman–Crippen LogP) is 3.06. The molecule has 1 heterocycles. The fourth-order valence-electron chi connectivity index (χ4n) is 2.47. The second kappa shape index (κ2) is 6.52. The zero-order valence-electron chi connectivity index (χ0n) is 12.4. The molecule has 23 heavy (non-hydrogen) atoms. The maximum Gasteiger partial charge on any atom is 0.221 e. The van der Waals surface area contributed by atoms with Crippen LogP contribution in [0, 0.1) is 5.82 Å². The molecule has 5 heteroatoms. The lowest BCUT2D eigenvalue weighted by Crippen LogP contribution is -2.13. The molecular weight excluding hydrogens is 297 g/mol. The number of hydrogen-bond donors (Lipinski definition) is 1. The Morgan fingerprint density at radius 2 is 2.13 bits per heavy atom. The van der Waals surface area contributed by atoms with E-state index in [1.807, 2.05) is 12.1 Å². The van der Waals surface area contributed by atoms with Crippen molar-refractivity contribution in [3.05, 3.63) is 65.5 Å². The summed E-state index contributed by atoms with van der Waals surface area (Å²) in [7, 11) is 0. The third-order valence-electron chi connectivity index (χ3n) is 3.53. The fourth-order valence-corrected chi connectivity index (χ4v) is 2.47. The summed E-state index contributed by atoms with van der Waals surface area (Å²) in [4.78, 5) is 11.1. The summed E-state index contributed by atoms with van der Waals surface area (Å²) in [6, 6.07) is 11.7. The molecule has 118 valence electrons. The molecule has 1 aliphatic heterocycles. The summed E-state index contributed by atoms with van der Waals surface area (Å²) in [5.74, 6) is 0.602. The van der Waals surface area contributed by atoms with Crippen LogP contribution >= 0.6 is 0 Å². The number of primary amides is 1. The average Bonchev–Trinajstić information content (AvgIpc) is 2.52. The van der Waals surface area contributed by atoms with Crippen molar-refractivity contribution in [1.29, 1.82) is 0 Å². The zero-order valence-corrected chi connectivity index (χ0v) is 12.4. The van der Waals surface area contributed by atoms with Gasteiger partial charge in [-0.25, -0.2) is 4.39 Å². The van der Waals surface area contributed by atoms with E-state index >= 15 is 0 Å². The summed E-state index contributed by atoms with van der Waals surface area (Å²) in [6.07, 6.45) is 2.03. The van der Waals surface area contributed by atoms with Gasteiger partial charge in [0.1, 0.15) is 30.5 Å². The van der Waals surface area contributed by atoms with Crippen LogP contribution in [-0.2, 0) is 11.4 Å². The normalized spacial score (nSPS) is 12.8. The third kappa shape index (κ3) is 3.69. The molecule has 1 aliphatic rings. The van der Waals surface area contributed by atoms with Gasteiger partial charge in [-0.3, -0.25) is 4.79 Å². The smallest absolute Gasteiger partial charge is 0.221 e. The van der Waals surface area contributed by atoms with Crippen LogP contribution in [0.25, 0.3) is 5.57 Å². The van der Waals surface area contributed by atoms with E-state index in [1.54, 1.807) is 24.3 Å². The lowest BCUT2D eigenvalue weighted by molar-refractivity contribution is -0.117. The Labute approximate surface area is 133 Å². The van der Waals surface area contributed by atoms with Gasteiger partial charge in [-0.15, -0.1) is 0 Å². The minimum absolute atomic E-state index is 0.180. The predicted molar refractivity (Wildman–Crippen MR) is 84.5 cm³/mol. The minimum Gasteiger partial charge on any atom is -0.489 e. The molecule has 4 nitrogen and oxygen atoms in total. The topological polar surface area (TPSA) is 61.6 Å². The zero-order chi connectivity index (χ0) is 16.2. The summed E-state index contributed by atoms with van der Waals surface area (Å²) >= 11 is 0. The quantitative estimate of drug-likeness (QED) is 0.923. The van der Waals surface area contributed by atoms with E-state index in [2.05, 4.69) is 0 Å². The summed E-state index contributed by atoms with van der Waals surface area (Å²) in [5, 5.41) is 0. The molecule has 2 N–H and O–H groups in total. The van der Waals surface area contributed by atoms with Crippen LogP contribution in [0.15, 0.2) is 48.5 Å². The first-order chi connectivity index (χ1) is 11.1. The van der Waals surface area contributed by atoms with Gasteiger partial charge >= 0.3 is 0 Å². The van der Waals surface area contributed by atoms with Crippen molar-refractivity contribution in [2.24, 2.45) is 5.73 Å². The van der Waals surface area contributed by atoms with Crippen LogP contribution in [0.3, 0.4) is 0 Å². The van der Waals surface area contributed by atoms with Crippen molar-refractivity contribution in [2.75, 3.05) is 6.61 Å². The Bertz CT molecular complexity index is 771. The lowest BCUT2D eigenvalue weighted by atomic mass is 9.99. The van der Waals surface area contributed by atoms with E-state index in [0.29, 0.717) is 18.1 Å². The van der Waals surface area contributed by atoms with Crippen molar-refractivity contribution in [3.63, 3.8) is 0 Å². The maximum absolute atomic E-state index is 13.1. The second-order valence-corrected chi connectivity index (χ2v) is 5.26. The molecule has 0 saturated heterocycles. The van der Waals surface area contributed by atoms with E-state index in [-0.39, 0.29) is 24.8 Å². The number of ether oxygens (including phenoxy) is 2. The van der Waals surface area contributed by atoms with Crippen LogP contribution in [0.4, 0.5) is 4.39 Å². The molecule has 0 radical (unpaired) electrons. The molecule has 3 rings (SSSR count). The number of nitrogens with two attached hydrogens (primary N) is 1. The van der Waals surface area contributed by atoms with E-state index in [4.69, 9.17) is 15.2 Å². The first-order valence-electron chi connectivity index (χ1n) is 7.23. The molecule has 0 atom stereocenters. The standard InChI is InChI=1S/C18H16FNO3/c19-14-3-1-2-12(8-14)11-23-15-4-5-16-13(9-18(20)21)6-7-22-17(16)10-15/h1-6,8,10H,7,9,11H2,(H2,20,21). The van der Waals surface area contributed by atoms with E-state index < -0.39 is 0 Å². The van der Waals surface area contributed by atoms with Gasteiger partial charge in [-0.2, -0.15) is 0 Å². The van der Waals surface area contributed by atoms with Gasteiger partial charge in [0.15, 0.2) is 0 Å². The van der Waals surface area contributed by atoms with Gasteiger partial charge < -0.3 is 15.2 Å². The van der Waals surface area contributed by atoms with Crippen molar-refractivity contribution in [3.8, 4) is 11.5 Å². The Morgan fingerprint density at radius 1 is 1.26 bits per heavy atom. The summed E-state index contributed by atoms with van der Waals surface area (Å²) in [5.41, 5.74) is 7.70. The van der Waals surface area contributed by atoms with Crippen LogP contribution in [0.2, 0.25) is 0 Å². The number of amides is 1. The van der Waals surface area contributed by atoms with Crippen LogP contribution in [0.5, 0.6) is 11.5 Å². The highest BCUT2D eigenvalue weighted by atomic mass is 19.1. The molecule has 0 aliphatic carbocycles. The fraction of sp³-hybridized carbons (Fsp3) is 0.167. The molecular formula is C18H16FNO3. The number of carbonyl (C=O) groups is 1. The number of hydrogen-bond acceptors (Lipinski definition) is 3. The van der Waals surface area contributed by atoms with Crippen molar-refractivity contribution in [1.82, 2.24) is 0 Å². The van der Waals surface area contributed by atoms with Crippen LogP contribution in [0.1, 0.15) is 17.5 Å². The van der Waals surface area contributed by atoms with E-state index in [9.17, 15) is 9.18 Å². The highest BCUT2D eigenvalue weighted by Crippen LogP contribution is 2.34. The molecule has 1 amide bonds. The molecule has 0 unspecified atom stereocenters. The van der Waals surface area contributed by atoms with E-state index in [0.717, 1.165) is 16.7 Å². The second-order valence-electron chi connectivity index (χ2n) is 5.26. The summed E-state index contributed by atoms with van der Waals surface area (Å²) in [6.45, 7) is 0.656. The molecule has 2 aromatic rings. The molecule has 2 aromatic carbocycles. The molecule has 0 spiro atoms. The van der Waals surface area contributed by atoms with Gasteiger partial charge in [0.05, 0.1) is 6.42 Å². The van der Waals surface area contributed by atoms with Crippen LogP contribution in [-0.4, -0.2) is 12.5 Å². The van der Waals surface area contributed by atoms with Gasteiger partial charge in [0.2, 0.25) is 5.91 Å². The largest absolute Gasteiger partial charge is 0.489 e. The molecule has 0 aromatic heterocycles. The number of carbonyl (C=O) groups excluding carboxylic acids is 1. The van der Waals surface area contributed by atoms with Crippen LogP contribution < -0.4 is 15.2 Å². The number of benzene rings is 2. The molecule has 0 bridgehead atoms. The van der Waals surface area contributed by atoms with E-state index in [1.165, 1.54) is 12.1 Å². The third-order valence-corrected chi connectivity index (χ3v) is 3.53. The minimum atomic E-state index is -0.379. The van der Waals surface area contributed by atoms with Gasteiger partial charge in [-0.05, 0) is 41.5 Å². The Kier molecular flexibility index (Phi) is 4.28. The van der Waals surface area contributed by atoms with Gasteiger partial charge in [0, 0.05) is 11.6 Å². The number of fused-ring (bicyclic) bond motifs is 1. The highest BCUT2D eigenvalue weighted by Gasteiger charge is 2.16. The van der Waals surface area contributed by atoms with Crippen molar-refractivity contribution < 1.29 is 18.7 Å². The number of halogens is 1. The first kappa shape index (κ1) is 15.1. The highest BCUT2D eigenvalue weighted by molar-refractivity contribution is 5.89. The molecule has 0 fully saturated rings. The summed E-state index contributed by atoms with van der Waals surface area (Å²) < 4.78 is 24.4. The van der Waals surface area contributed by atoms with Crippen molar-refractivity contribution >= 4 is 11.5 Å². The Hall–Kier alpha value is -2.82. The Balaban J connectivity index is 1.74. The Morgan fingerprint density at radius 3 is 2.91 bits per heavy atom. The van der Waals surface area contributed by atoms with Gasteiger partial charge in [-0.1, -0.05) is 12.1 Å². The average molecular weight is 313 g/mol. The monoisotopic (exact) mass is 313 g/mol. The maximum atomic E-state index is 13.1.